The van der Waals surface area contributed by atoms with Gasteiger partial charge >= 0.3 is 0 Å². The summed E-state index contributed by atoms with van der Waals surface area (Å²) in [6.45, 7) is 7.15. The summed E-state index contributed by atoms with van der Waals surface area (Å²) in [5.41, 5.74) is 1.92. The minimum Gasteiger partial charge on any atom is -0.355 e. The minimum absolute atomic E-state index is 0.0143. The fraction of sp³-hybridized carbons (Fsp3) is 0.429. The maximum atomic E-state index is 13.6. The number of fused-ring (bicyclic) bond motifs is 1. The fourth-order valence-electron chi connectivity index (χ4n) is 5.18. The van der Waals surface area contributed by atoms with E-state index in [1.807, 2.05) is 66.3 Å². The molecule has 0 radical (unpaired) electrons. The third kappa shape index (κ3) is 5.36. The van der Waals surface area contributed by atoms with E-state index in [1.165, 1.54) is 23.9 Å². The summed E-state index contributed by atoms with van der Waals surface area (Å²) in [4.78, 5) is 28.5. The Labute approximate surface area is 216 Å². The van der Waals surface area contributed by atoms with Gasteiger partial charge in [0.05, 0.1) is 11.4 Å². The molecule has 37 heavy (non-hydrogen) atoms. The lowest BCUT2D eigenvalue weighted by Gasteiger charge is -2.33. The van der Waals surface area contributed by atoms with Gasteiger partial charge in [0.25, 0.3) is 5.56 Å². The molecular formula is C28H35N7O2. The van der Waals surface area contributed by atoms with E-state index in [0.717, 1.165) is 18.8 Å². The number of carbonyl (C=O) groups is 1. The topological polar surface area (TPSA) is 90.0 Å². The van der Waals surface area contributed by atoms with E-state index < -0.39 is 0 Å². The van der Waals surface area contributed by atoms with Crippen molar-refractivity contribution in [2.24, 2.45) is 0 Å². The monoisotopic (exact) mass is 501 g/mol. The number of aromatic nitrogens is 5. The van der Waals surface area contributed by atoms with Crippen molar-refractivity contribution in [1.29, 1.82) is 0 Å². The predicted octanol–water partition coefficient (Wildman–Crippen LogP) is 3.45. The van der Waals surface area contributed by atoms with Crippen molar-refractivity contribution in [1.82, 2.24) is 34.3 Å². The van der Waals surface area contributed by atoms with Crippen molar-refractivity contribution in [3.8, 4) is 11.5 Å². The van der Waals surface area contributed by atoms with E-state index in [4.69, 9.17) is 5.10 Å². The number of amides is 1. The standard InChI is InChI=1S/C28H35N7O2/c1-21-11-6-7-16-32(21)20-15-29-24(36)14-10-19-34-28(37)25-26(22(2)30-34)31-35(23-12-4-3-5-13-23)27(25)33-17-8-9-18-33/h3-5,8-9,12-13,17-18,21H,6-7,10-11,14-16,19-20H2,1-2H3,(H,29,36)/t21-/m0/s1. The molecule has 4 aromatic rings. The molecule has 0 aliphatic carbocycles. The molecular weight excluding hydrogens is 466 g/mol. The lowest BCUT2D eigenvalue weighted by atomic mass is 10.0. The van der Waals surface area contributed by atoms with Crippen molar-refractivity contribution in [3.05, 3.63) is 70.9 Å². The molecule has 1 N–H and O–H groups in total. The maximum Gasteiger partial charge on any atom is 0.280 e. The fourth-order valence-corrected chi connectivity index (χ4v) is 5.18. The molecule has 9 nitrogen and oxygen atoms in total. The first kappa shape index (κ1) is 25.0. The van der Waals surface area contributed by atoms with E-state index >= 15 is 0 Å². The highest BCUT2D eigenvalue weighted by atomic mass is 16.1. The van der Waals surface area contributed by atoms with Crippen molar-refractivity contribution in [2.75, 3.05) is 19.6 Å². The molecule has 0 unspecified atom stereocenters. The third-order valence-corrected chi connectivity index (χ3v) is 7.21. The van der Waals surface area contributed by atoms with Crippen molar-refractivity contribution < 1.29 is 4.79 Å². The normalized spacial score (nSPS) is 16.3. The summed E-state index contributed by atoms with van der Waals surface area (Å²) in [6.07, 6.45) is 8.47. The van der Waals surface area contributed by atoms with Crippen LogP contribution in [0.4, 0.5) is 0 Å². The number of benzene rings is 1. The minimum atomic E-state index is -0.203. The molecule has 1 saturated heterocycles. The second-order valence-corrected chi connectivity index (χ2v) is 9.83. The lowest BCUT2D eigenvalue weighted by Crippen LogP contribution is -2.42. The van der Waals surface area contributed by atoms with Gasteiger partial charge in [0, 0.05) is 44.5 Å². The summed E-state index contributed by atoms with van der Waals surface area (Å²) in [5, 5.41) is 12.9. The number of para-hydroxylation sites is 1. The molecule has 194 valence electrons. The molecule has 5 rings (SSSR count). The molecule has 1 atom stereocenters. The van der Waals surface area contributed by atoms with E-state index in [2.05, 4.69) is 22.2 Å². The smallest absolute Gasteiger partial charge is 0.280 e. The SMILES string of the molecule is Cc1nn(CCCC(=O)NCCN2CCCC[C@@H]2C)c(=O)c2c(-n3cccc3)n(-c3ccccc3)nc12. The Hall–Kier alpha value is -3.72. The van der Waals surface area contributed by atoms with Gasteiger partial charge in [-0.2, -0.15) is 10.2 Å². The highest BCUT2D eigenvalue weighted by Gasteiger charge is 2.22. The second kappa shape index (κ2) is 11.1. The molecule has 1 aliphatic rings. The zero-order valence-electron chi connectivity index (χ0n) is 21.6. The number of aryl methyl sites for hydroxylation is 2. The van der Waals surface area contributed by atoms with E-state index in [1.54, 1.807) is 4.68 Å². The van der Waals surface area contributed by atoms with Gasteiger partial charge in [0.1, 0.15) is 10.9 Å². The van der Waals surface area contributed by atoms with Crippen LogP contribution in [0.15, 0.2) is 59.7 Å². The van der Waals surface area contributed by atoms with Crippen molar-refractivity contribution in [2.45, 2.75) is 58.5 Å². The summed E-state index contributed by atoms with van der Waals surface area (Å²) in [6, 6.07) is 14.2. The third-order valence-electron chi connectivity index (χ3n) is 7.21. The van der Waals surface area contributed by atoms with Crippen LogP contribution < -0.4 is 10.9 Å². The van der Waals surface area contributed by atoms with Gasteiger partial charge in [-0.25, -0.2) is 9.36 Å². The molecule has 3 aromatic heterocycles. The Kier molecular flexibility index (Phi) is 7.50. The van der Waals surface area contributed by atoms with Crippen LogP contribution in [-0.2, 0) is 11.3 Å². The quantitative estimate of drug-likeness (QED) is 0.379. The van der Waals surface area contributed by atoms with E-state index in [-0.39, 0.29) is 11.5 Å². The molecule has 0 saturated carbocycles. The van der Waals surface area contributed by atoms with Gasteiger partial charge in [-0.15, -0.1) is 0 Å². The van der Waals surface area contributed by atoms with Gasteiger partial charge in [-0.1, -0.05) is 24.6 Å². The Morgan fingerprint density at radius 3 is 2.59 bits per heavy atom. The number of nitrogens with one attached hydrogen (secondary N) is 1. The number of hydrogen-bond acceptors (Lipinski definition) is 5. The summed E-state index contributed by atoms with van der Waals surface area (Å²) in [5.74, 6) is 0.695. The van der Waals surface area contributed by atoms with Gasteiger partial charge < -0.3 is 9.88 Å². The van der Waals surface area contributed by atoms with Crippen LogP contribution in [0.1, 0.15) is 44.7 Å². The van der Waals surface area contributed by atoms with Gasteiger partial charge in [-0.3, -0.25) is 14.5 Å². The number of likely N-dealkylation sites (tertiary alicyclic amines) is 1. The van der Waals surface area contributed by atoms with Crippen LogP contribution in [0.3, 0.4) is 0 Å². The number of piperidine rings is 1. The number of carbonyl (C=O) groups excluding carboxylic acids is 1. The molecule has 1 aromatic carbocycles. The van der Waals surface area contributed by atoms with Crippen molar-refractivity contribution in [3.63, 3.8) is 0 Å². The molecule has 9 heteroatoms. The average molecular weight is 502 g/mol. The van der Waals surface area contributed by atoms with Crippen LogP contribution in [0, 0.1) is 6.92 Å². The molecule has 0 bridgehead atoms. The summed E-state index contributed by atoms with van der Waals surface area (Å²) >= 11 is 0. The van der Waals surface area contributed by atoms with Gasteiger partial charge in [-0.05, 0) is 63.9 Å². The molecule has 1 amide bonds. The van der Waals surface area contributed by atoms with Gasteiger partial charge in [0.2, 0.25) is 5.91 Å². The van der Waals surface area contributed by atoms with E-state index in [9.17, 15) is 9.59 Å². The zero-order valence-corrected chi connectivity index (χ0v) is 21.6. The first-order valence-corrected chi connectivity index (χ1v) is 13.2. The average Bonchev–Trinajstić information content (AvgIpc) is 3.57. The van der Waals surface area contributed by atoms with Crippen LogP contribution in [-0.4, -0.2) is 60.6 Å². The van der Waals surface area contributed by atoms with Crippen LogP contribution >= 0.6 is 0 Å². The van der Waals surface area contributed by atoms with E-state index in [0.29, 0.717) is 54.4 Å². The van der Waals surface area contributed by atoms with Crippen LogP contribution in [0.25, 0.3) is 22.4 Å². The maximum absolute atomic E-state index is 13.6. The first-order chi connectivity index (χ1) is 18.0. The number of nitrogens with zero attached hydrogens (tertiary/aromatic N) is 6. The first-order valence-electron chi connectivity index (χ1n) is 13.2. The highest BCUT2D eigenvalue weighted by molar-refractivity contribution is 5.87. The predicted molar refractivity (Wildman–Crippen MR) is 144 cm³/mol. The summed E-state index contributed by atoms with van der Waals surface area (Å²) < 4.78 is 5.18. The Morgan fingerprint density at radius 1 is 1.05 bits per heavy atom. The van der Waals surface area contributed by atoms with Crippen molar-refractivity contribution >= 4 is 16.8 Å². The van der Waals surface area contributed by atoms with Crippen LogP contribution in [0.2, 0.25) is 0 Å². The van der Waals surface area contributed by atoms with Gasteiger partial charge in [0.15, 0.2) is 5.82 Å². The zero-order chi connectivity index (χ0) is 25.8. The lowest BCUT2D eigenvalue weighted by molar-refractivity contribution is -0.121. The summed E-state index contributed by atoms with van der Waals surface area (Å²) in [7, 11) is 0. The largest absolute Gasteiger partial charge is 0.355 e. The van der Waals surface area contributed by atoms with Crippen LogP contribution in [0.5, 0.6) is 0 Å². The second-order valence-electron chi connectivity index (χ2n) is 9.83. The number of hydrogen-bond donors (Lipinski definition) is 1. The Morgan fingerprint density at radius 2 is 1.84 bits per heavy atom. The molecule has 4 heterocycles. The Balaban J connectivity index is 1.31. The molecule has 0 spiro atoms. The molecule has 1 aliphatic heterocycles. The number of rotatable bonds is 9. The molecule has 1 fully saturated rings. The Bertz CT molecular complexity index is 1410. The highest BCUT2D eigenvalue weighted by Crippen LogP contribution is 2.24.